The standard InChI is InChI=1S/C10H14N4O/c11-8(7-2-3-7)6-9(15)14-10-12-4-1-5-13-10/h1,4-5,7-8H,2-3,6,11H2,(H,12,13,14,15)/t8-/m1/s1. The molecule has 0 aromatic carbocycles. The van der Waals surface area contributed by atoms with Crippen LogP contribution in [-0.4, -0.2) is 21.9 Å². The van der Waals surface area contributed by atoms with Crippen LogP contribution >= 0.6 is 0 Å². The molecule has 0 radical (unpaired) electrons. The average Bonchev–Trinajstić information content (AvgIpc) is 3.01. The Morgan fingerprint density at radius 1 is 1.53 bits per heavy atom. The molecule has 0 spiro atoms. The minimum atomic E-state index is -0.111. The van der Waals surface area contributed by atoms with Crippen LogP contribution in [0.5, 0.6) is 0 Å². The van der Waals surface area contributed by atoms with Crippen molar-refractivity contribution < 1.29 is 4.79 Å². The molecule has 0 unspecified atom stereocenters. The third-order valence-corrected chi connectivity index (χ3v) is 2.47. The number of rotatable bonds is 4. The highest BCUT2D eigenvalue weighted by Gasteiger charge is 2.29. The predicted molar refractivity (Wildman–Crippen MR) is 56.0 cm³/mol. The summed E-state index contributed by atoms with van der Waals surface area (Å²) in [5.74, 6) is 0.763. The maximum atomic E-state index is 11.5. The van der Waals surface area contributed by atoms with E-state index < -0.39 is 0 Å². The summed E-state index contributed by atoms with van der Waals surface area (Å²) in [6.45, 7) is 0. The van der Waals surface area contributed by atoms with Crippen molar-refractivity contribution in [3.8, 4) is 0 Å². The summed E-state index contributed by atoms with van der Waals surface area (Å²) < 4.78 is 0. The molecule has 1 aliphatic rings. The molecule has 1 aromatic rings. The SMILES string of the molecule is N[C@H](CC(=O)Nc1ncccn1)C1CC1. The average molecular weight is 206 g/mol. The summed E-state index contributed by atoms with van der Waals surface area (Å²) in [4.78, 5) is 19.3. The van der Waals surface area contributed by atoms with Crippen LogP contribution in [0.1, 0.15) is 19.3 Å². The quantitative estimate of drug-likeness (QED) is 0.753. The number of hydrogen-bond donors (Lipinski definition) is 2. The molecular weight excluding hydrogens is 192 g/mol. The van der Waals surface area contributed by atoms with E-state index in [1.54, 1.807) is 18.5 Å². The third-order valence-electron chi connectivity index (χ3n) is 2.47. The summed E-state index contributed by atoms with van der Waals surface area (Å²) in [5, 5.41) is 2.61. The second-order valence-corrected chi connectivity index (χ2v) is 3.83. The summed E-state index contributed by atoms with van der Waals surface area (Å²) in [6, 6.07) is 1.68. The van der Waals surface area contributed by atoms with E-state index in [0.717, 1.165) is 12.8 Å². The Morgan fingerprint density at radius 2 is 2.20 bits per heavy atom. The molecule has 1 fully saturated rings. The van der Waals surface area contributed by atoms with Gasteiger partial charge in [-0.15, -0.1) is 0 Å². The lowest BCUT2D eigenvalue weighted by Gasteiger charge is -2.09. The first-order valence-corrected chi connectivity index (χ1v) is 5.08. The van der Waals surface area contributed by atoms with Crippen LogP contribution in [0.2, 0.25) is 0 Å². The molecule has 1 aliphatic carbocycles. The van der Waals surface area contributed by atoms with Gasteiger partial charge in [-0.05, 0) is 24.8 Å². The Balaban J connectivity index is 1.81. The number of nitrogens with two attached hydrogens (primary N) is 1. The van der Waals surface area contributed by atoms with Crippen LogP contribution < -0.4 is 11.1 Å². The van der Waals surface area contributed by atoms with Gasteiger partial charge >= 0.3 is 0 Å². The van der Waals surface area contributed by atoms with Gasteiger partial charge in [-0.1, -0.05) is 0 Å². The second-order valence-electron chi connectivity index (χ2n) is 3.83. The van der Waals surface area contributed by atoms with Gasteiger partial charge in [0.05, 0.1) is 0 Å². The molecule has 2 rings (SSSR count). The first kappa shape index (κ1) is 10.0. The predicted octanol–water partition coefficient (Wildman–Crippen LogP) is 0.542. The molecule has 5 nitrogen and oxygen atoms in total. The number of aromatic nitrogens is 2. The van der Waals surface area contributed by atoms with Gasteiger partial charge in [0.15, 0.2) is 0 Å². The molecule has 1 atom stereocenters. The first-order chi connectivity index (χ1) is 7.25. The Kier molecular flexibility index (Phi) is 2.91. The van der Waals surface area contributed by atoms with E-state index in [1.165, 1.54) is 0 Å². The zero-order valence-electron chi connectivity index (χ0n) is 8.39. The Hall–Kier alpha value is -1.49. The number of amides is 1. The largest absolute Gasteiger partial charge is 0.327 e. The molecule has 1 amide bonds. The number of carbonyl (C=O) groups is 1. The Bertz CT molecular complexity index is 337. The molecule has 1 aromatic heterocycles. The second kappa shape index (κ2) is 4.35. The van der Waals surface area contributed by atoms with E-state index >= 15 is 0 Å². The van der Waals surface area contributed by atoms with Crippen LogP contribution in [0, 0.1) is 5.92 Å². The maximum Gasteiger partial charge on any atom is 0.229 e. The lowest BCUT2D eigenvalue weighted by atomic mass is 10.1. The van der Waals surface area contributed by atoms with Crippen LogP contribution in [0.4, 0.5) is 5.95 Å². The van der Waals surface area contributed by atoms with E-state index in [2.05, 4.69) is 15.3 Å². The van der Waals surface area contributed by atoms with Crippen molar-refractivity contribution in [1.82, 2.24) is 9.97 Å². The maximum absolute atomic E-state index is 11.5. The number of nitrogens with zero attached hydrogens (tertiary/aromatic N) is 2. The molecule has 0 aliphatic heterocycles. The molecular formula is C10H14N4O. The highest BCUT2D eigenvalue weighted by molar-refractivity contribution is 5.89. The number of nitrogens with one attached hydrogen (secondary N) is 1. The molecule has 15 heavy (non-hydrogen) atoms. The van der Waals surface area contributed by atoms with Gasteiger partial charge in [0.25, 0.3) is 0 Å². The van der Waals surface area contributed by atoms with E-state index in [-0.39, 0.29) is 11.9 Å². The number of anilines is 1. The Labute approximate surface area is 88.1 Å². The molecule has 3 N–H and O–H groups in total. The zero-order valence-corrected chi connectivity index (χ0v) is 8.39. The lowest BCUT2D eigenvalue weighted by Crippen LogP contribution is -2.29. The van der Waals surface area contributed by atoms with Crippen LogP contribution in [0.3, 0.4) is 0 Å². The van der Waals surface area contributed by atoms with Crippen molar-refractivity contribution in [3.63, 3.8) is 0 Å². The number of carbonyl (C=O) groups excluding carboxylic acids is 1. The highest BCUT2D eigenvalue weighted by Crippen LogP contribution is 2.32. The van der Waals surface area contributed by atoms with Crippen molar-refractivity contribution in [2.24, 2.45) is 11.7 Å². The molecule has 5 heteroatoms. The van der Waals surface area contributed by atoms with Crippen LogP contribution in [0.25, 0.3) is 0 Å². The normalized spacial score (nSPS) is 17.1. The third kappa shape index (κ3) is 2.99. The van der Waals surface area contributed by atoms with Gasteiger partial charge in [-0.2, -0.15) is 0 Å². The van der Waals surface area contributed by atoms with Crippen LogP contribution in [-0.2, 0) is 4.79 Å². The van der Waals surface area contributed by atoms with Crippen molar-refractivity contribution in [3.05, 3.63) is 18.5 Å². The molecule has 1 heterocycles. The van der Waals surface area contributed by atoms with Gasteiger partial charge in [0, 0.05) is 24.9 Å². The van der Waals surface area contributed by atoms with Crippen molar-refractivity contribution in [2.75, 3.05) is 5.32 Å². The van der Waals surface area contributed by atoms with E-state index in [9.17, 15) is 4.79 Å². The molecule has 0 saturated heterocycles. The fraction of sp³-hybridized carbons (Fsp3) is 0.500. The van der Waals surface area contributed by atoms with Crippen molar-refractivity contribution >= 4 is 11.9 Å². The smallest absolute Gasteiger partial charge is 0.229 e. The topological polar surface area (TPSA) is 80.9 Å². The minimum Gasteiger partial charge on any atom is -0.327 e. The summed E-state index contributed by atoms with van der Waals surface area (Å²) in [6.07, 6.45) is 5.82. The summed E-state index contributed by atoms with van der Waals surface area (Å²) >= 11 is 0. The van der Waals surface area contributed by atoms with E-state index in [0.29, 0.717) is 18.3 Å². The van der Waals surface area contributed by atoms with Crippen molar-refractivity contribution in [1.29, 1.82) is 0 Å². The molecule has 1 saturated carbocycles. The van der Waals surface area contributed by atoms with Crippen molar-refractivity contribution in [2.45, 2.75) is 25.3 Å². The van der Waals surface area contributed by atoms with E-state index in [1.807, 2.05) is 0 Å². The number of hydrogen-bond acceptors (Lipinski definition) is 4. The van der Waals surface area contributed by atoms with Crippen LogP contribution in [0.15, 0.2) is 18.5 Å². The molecule has 80 valence electrons. The van der Waals surface area contributed by atoms with Gasteiger partial charge in [0.2, 0.25) is 11.9 Å². The molecule has 0 bridgehead atoms. The van der Waals surface area contributed by atoms with Gasteiger partial charge < -0.3 is 5.73 Å². The zero-order chi connectivity index (χ0) is 10.7. The summed E-state index contributed by atoms with van der Waals surface area (Å²) in [7, 11) is 0. The minimum absolute atomic E-state index is 0.0197. The van der Waals surface area contributed by atoms with Gasteiger partial charge in [-0.25, -0.2) is 9.97 Å². The fourth-order valence-electron chi connectivity index (χ4n) is 1.44. The van der Waals surface area contributed by atoms with Gasteiger partial charge in [-0.3, -0.25) is 10.1 Å². The van der Waals surface area contributed by atoms with E-state index in [4.69, 9.17) is 5.73 Å². The van der Waals surface area contributed by atoms with Gasteiger partial charge in [0.1, 0.15) is 0 Å². The highest BCUT2D eigenvalue weighted by atomic mass is 16.1. The lowest BCUT2D eigenvalue weighted by molar-refractivity contribution is -0.116. The first-order valence-electron chi connectivity index (χ1n) is 5.08. The summed E-state index contributed by atoms with van der Waals surface area (Å²) in [5.41, 5.74) is 5.83. The Morgan fingerprint density at radius 3 is 2.80 bits per heavy atom. The fourth-order valence-corrected chi connectivity index (χ4v) is 1.44. The monoisotopic (exact) mass is 206 g/mol.